The summed E-state index contributed by atoms with van der Waals surface area (Å²) in [5.74, 6) is -0.474. The summed E-state index contributed by atoms with van der Waals surface area (Å²) in [6.07, 6.45) is 5.27. The zero-order valence-electron chi connectivity index (χ0n) is 12.6. The number of nitrogens with zero attached hydrogens (tertiary/aromatic N) is 2. The number of nitrogens with one attached hydrogen (secondary N) is 1. The van der Waals surface area contributed by atoms with E-state index in [-0.39, 0.29) is 0 Å². The number of benzene rings is 1. The lowest BCUT2D eigenvalue weighted by Crippen LogP contribution is -2.38. The van der Waals surface area contributed by atoms with Crippen LogP contribution in [0.1, 0.15) is 12.5 Å². The van der Waals surface area contributed by atoms with E-state index < -0.39 is 21.0 Å². The molecule has 0 unspecified atom stereocenters. The van der Waals surface area contributed by atoms with Crippen LogP contribution in [0.2, 0.25) is 0 Å². The summed E-state index contributed by atoms with van der Waals surface area (Å²) in [6, 6.07) is 9.71. The Morgan fingerprint density at radius 2 is 2.00 bits per heavy atom. The van der Waals surface area contributed by atoms with Gasteiger partial charge in [0.15, 0.2) is 9.84 Å². The van der Waals surface area contributed by atoms with Crippen molar-refractivity contribution in [1.29, 1.82) is 0 Å². The highest BCUT2D eigenvalue weighted by Gasteiger charge is 2.22. The number of hydrogen-bond acceptors (Lipinski definition) is 4. The largest absolute Gasteiger partial charge is 0.355 e. The van der Waals surface area contributed by atoms with Gasteiger partial charge in [-0.05, 0) is 31.0 Å². The quantitative estimate of drug-likeness (QED) is 0.859. The molecule has 118 valence electrons. The van der Waals surface area contributed by atoms with E-state index in [4.69, 9.17) is 0 Å². The van der Waals surface area contributed by atoms with Gasteiger partial charge in [0, 0.05) is 19.0 Å². The highest BCUT2D eigenvalue weighted by atomic mass is 32.2. The van der Waals surface area contributed by atoms with Crippen molar-refractivity contribution in [3.63, 3.8) is 0 Å². The van der Waals surface area contributed by atoms with Gasteiger partial charge in [-0.2, -0.15) is 5.10 Å². The fourth-order valence-corrected chi connectivity index (χ4v) is 2.35. The second-order valence-corrected chi connectivity index (χ2v) is 7.51. The monoisotopic (exact) mass is 321 g/mol. The molecule has 1 atom stereocenters. The molecule has 2 aromatic rings. The third-order valence-electron chi connectivity index (χ3n) is 3.38. The molecule has 1 aromatic carbocycles. The van der Waals surface area contributed by atoms with Crippen molar-refractivity contribution in [3.05, 3.63) is 48.3 Å². The molecular weight excluding hydrogens is 302 g/mol. The van der Waals surface area contributed by atoms with Crippen molar-refractivity contribution in [1.82, 2.24) is 15.1 Å². The van der Waals surface area contributed by atoms with E-state index in [1.54, 1.807) is 10.9 Å². The zero-order valence-corrected chi connectivity index (χ0v) is 13.4. The summed E-state index contributed by atoms with van der Waals surface area (Å²) in [5.41, 5.74) is 1.93. The molecule has 7 heteroatoms. The van der Waals surface area contributed by atoms with E-state index in [1.165, 1.54) is 6.92 Å². The fraction of sp³-hybridized carbons (Fsp3) is 0.333. The Kier molecular flexibility index (Phi) is 4.97. The summed E-state index contributed by atoms with van der Waals surface area (Å²) in [4.78, 5) is 11.7. The summed E-state index contributed by atoms with van der Waals surface area (Å²) in [6.45, 7) is 1.76. The molecule has 0 saturated heterocycles. The van der Waals surface area contributed by atoms with Crippen LogP contribution >= 0.6 is 0 Å². The number of amides is 1. The smallest absolute Gasteiger partial charge is 0.238 e. The normalized spacial score (nSPS) is 12.8. The minimum atomic E-state index is -3.36. The third-order valence-corrected chi connectivity index (χ3v) is 4.88. The van der Waals surface area contributed by atoms with Crippen LogP contribution in [-0.4, -0.2) is 42.2 Å². The summed E-state index contributed by atoms with van der Waals surface area (Å²) >= 11 is 0. The van der Waals surface area contributed by atoms with Crippen molar-refractivity contribution in [2.75, 3.05) is 12.8 Å². The number of aromatic nitrogens is 2. The Balaban J connectivity index is 1.89. The lowest BCUT2D eigenvalue weighted by molar-refractivity contribution is -0.120. The van der Waals surface area contributed by atoms with Crippen LogP contribution in [0, 0.1) is 0 Å². The van der Waals surface area contributed by atoms with Gasteiger partial charge >= 0.3 is 0 Å². The molecule has 0 radical (unpaired) electrons. The third kappa shape index (κ3) is 4.17. The highest BCUT2D eigenvalue weighted by molar-refractivity contribution is 7.92. The van der Waals surface area contributed by atoms with Gasteiger partial charge < -0.3 is 5.32 Å². The summed E-state index contributed by atoms with van der Waals surface area (Å²) in [5, 5.41) is 5.87. The van der Waals surface area contributed by atoms with Crippen molar-refractivity contribution in [3.8, 4) is 5.69 Å². The van der Waals surface area contributed by atoms with Crippen LogP contribution in [0.4, 0.5) is 0 Å². The molecule has 1 amide bonds. The number of carbonyl (C=O) groups excluding carboxylic acids is 1. The van der Waals surface area contributed by atoms with Crippen LogP contribution in [0.25, 0.3) is 5.69 Å². The first kappa shape index (κ1) is 16.2. The van der Waals surface area contributed by atoms with Crippen LogP contribution in [-0.2, 0) is 21.1 Å². The Morgan fingerprint density at radius 1 is 1.32 bits per heavy atom. The van der Waals surface area contributed by atoms with Gasteiger partial charge in [0.1, 0.15) is 5.25 Å². The molecule has 0 aliphatic heterocycles. The first-order chi connectivity index (χ1) is 10.4. The lowest BCUT2D eigenvalue weighted by Gasteiger charge is -2.09. The van der Waals surface area contributed by atoms with Crippen molar-refractivity contribution >= 4 is 15.7 Å². The summed E-state index contributed by atoms with van der Waals surface area (Å²) in [7, 11) is -3.36. The van der Waals surface area contributed by atoms with Crippen LogP contribution < -0.4 is 5.32 Å². The van der Waals surface area contributed by atoms with Gasteiger partial charge in [0.25, 0.3) is 0 Å². The fourth-order valence-electron chi connectivity index (χ4n) is 1.88. The van der Waals surface area contributed by atoms with Gasteiger partial charge in [-0.25, -0.2) is 13.1 Å². The van der Waals surface area contributed by atoms with Crippen LogP contribution in [0.5, 0.6) is 0 Å². The molecule has 0 aliphatic carbocycles. The Labute approximate surface area is 130 Å². The number of hydrogen-bond donors (Lipinski definition) is 1. The maximum Gasteiger partial charge on any atom is 0.238 e. The minimum absolute atomic E-state index is 0.374. The number of para-hydroxylation sites is 1. The van der Waals surface area contributed by atoms with Gasteiger partial charge in [-0.3, -0.25) is 4.79 Å². The average Bonchev–Trinajstić information content (AvgIpc) is 2.95. The van der Waals surface area contributed by atoms with Crippen molar-refractivity contribution in [2.45, 2.75) is 18.6 Å². The molecule has 0 spiro atoms. The number of carbonyl (C=O) groups is 1. The second kappa shape index (κ2) is 6.74. The van der Waals surface area contributed by atoms with E-state index >= 15 is 0 Å². The van der Waals surface area contributed by atoms with E-state index in [9.17, 15) is 13.2 Å². The predicted octanol–water partition coefficient (Wildman–Crippen LogP) is 0.964. The molecule has 22 heavy (non-hydrogen) atoms. The molecular formula is C15H19N3O3S. The standard InChI is InChI=1S/C15H19N3O3S/c1-12(22(2,20)21)15(19)16-9-8-13-10-17-18(11-13)14-6-4-3-5-7-14/h3-7,10-12H,8-9H2,1-2H3,(H,16,19)/t12-/m0/s1. The Bertz CT molecular complexity index is 738. The number of rotatable bonds is 6. The first-order valence-electron chi connectivity index (χ1n) is 6.93. The van der Waals surface area contributed by atoms with Gasteiger partial charge in [0.2, 0.25) is 5.91 Å². The van der Waals surface area contributed by atoms with E-state index in [1.807, 2.05) is 36.5 Å². The van der Waals surface area contributed by atoms with Gasteiger partial charge in [-0.15, -0.1) is 0 Å². The average molecular weight is 321 g/mol. The lowest BCUT2D eigenvalue weighted by atomic mass is 10.2. The highest BCUT2D eigenvalue weighted by Crippen LogP contribution is 2.07. The Hall–Kier alpha value is -2.15. The topological polar surface area (TPSA) is 81.1 Å². The van der Waals surface area contributed by atoms with Crippen LogP contribution in [0.3, 0.4) is 0 Å². The molecule has 0 aliphatic rings. The zero-order chi connectivity index (χ0) is 16.2. The van der Waals surface area contributed by atoms with Crippen molar-refractivity contribution < 1.29 is 13.2 Å². The molecule has 0 saturated carbocycles. The van der Waals surface area contributed by atoms with Gasteiger partial charge in [-0.1, -0.05) is 18.2 Å². The van der Waals surface area contributed by atoms with E-state index in [0.717, 1.165) is 17.5 Å². The SMILES string of the molecule is C[C@@H](C(=O)NCCc1cnn(-c2ccccc2)c1)S(C)(=O)=O. The molecule has 1 aromatic heterocycles. The molecule has 1 N–H and O–H groups in total. The summed E-state index contributed by atoms with van der Waals surface area (Å²) < 4.78 is 24.3. The maximum atomic E-state index is 11.7. The van der Waals surface area contributed by atoms with E-state index in [2.05, 4.69) is 10.4 Å². The minimum Gasteiger partial charge on any atom is -0.355 e. The van der Waals surface area contributed by atoms with Crippen LogP contribution in [0.15, 0.2) is 42.7 Å². The molecule has 1 heterocycles. The van der Waals surface area contributed by atoms with E-state index in [0.29, 0.717) is 13.0 Å². The van der Waals surface area contributed by atoms with Crippen molar-refractivity contribution in [2.24, 2.45) is 0 Å². The maximum absolute atomic E-state index is 11.7. The van der Waals surface area contributed by atoms with Gasteiger partial charge in [0.05, 0.1) is 11.9 Å². The molecule has 6 nitrogen and oxygen atoms in total. The first-order valence-corrected chi connectivity index (χ1v) is 8.89. The predicted molar refractivity (Wildman–Crippen MR) is 84.6 cm³/mol. The molecule has 0 bridgehead atoms. The second-order valence-electron chi connectivity index (χ2n) is 5.14. The Morgan fingerprint density at radius 3 is 2.64 bits per heavy atom. The number of sulfone groups is 1. The molecule has 0 fully saturated rings. The molecule has 2 rings (SSSR count).